The summed E-state index contributed by atoms with van der Waals surface area (Å²) in [7, 11) is 1.99. The zero-order valence-corrected chi connectivity index (χ0v) is 10.2. The molecule has 0 saturated carbocycles. The molecule has 2 nitrogen and oxygen atoms in total. The first kappa shape index (κ1) is 11.8. The van der Waals surface area contributed by atoms with E-state index in [2.05, 4.69) is 46.3 Å². The lowest BCUT2D eigenvalue weighted by Crippen LogP contribution is -2.08. The van der Waals surface area contributed by atoms with E-state index in [1.807, 2.05) is 7.05 Å². The van der Waals surface area contributed by atoms with Crippen LogP contribution in [0.3, 0.4) is 0 Å². The molecule has 2 heteroatoms. The van der Waals surface area contributed by atoms with Gasteiger partial charge in [-0.2, -0.15) is 0 Å². The molecule has 1 aromatic carbocycles. The van der Waals surface area contributed by atoms with Gasteiger partial charge in [0.15, 0.2) is 0 Å². The highest BCUT2D eigenvalue weighted by atomic mass is 14.9. The third-order valence-electron chi connectivity index (χ3n) is 3.01. The summed E-state index contributed by atoms with van der Waals surface area (Å²) in [6.45, 7) is 1.70. The van der Waals surface area contributed by atoms with Gasteiger partial charge in [0.05, 0.1) is 6.54 Å². The number of nitrogens with one attached hydrogen (secondary N) is 1. The Morgan fingerprint density at radius 2 is 2.18 bits per heavy atom. The highest BCUT2D eigenvalue weighted by Crippen LogP contribution is 2.22. The quantitative estimate of drug-likeness (QED) is 0.612. The van der Waals surface area contributed by atoms with Crippen LogP contribution in [0.4, 0.5) is 0 Å². The minimum absolute atomic E-state index is 0.645. The van der Waals surface area contributed by atoms with Crippen molar-refractivity contribution in [3.63, 3.8) is 0 Å². The van der Waals surface area contributed by atoms with Crippen molar-refractivity contribution >= 4 is 10.9 Å². The number of nitrogens with zero attached hydrogens (tertiary/aromatic N) is 1. The number of aryl methyl sites for hydroxylation is 1. The van der Waals surface area contributed by atoms with Crippen LogP contribution in [0.5, 0.6) is 0 Å². The van der Waals surface area contributed by atoms with E-state index in [1.165, 1.54) is 16.5 Å². The number of fused-ring (bicyclic) bond motifs is 1. The fourth-order valence-corrected chi connectivity index (χ4v) is 2.21. The molecule has 17 heavy (non-hydrogen) atoms. The minimum Gasteiger partial charge on any atom is -0.336 e. The molecule has 0 unspecified atom stereocenters. The van der Waals surface area contributed by atoms with Gasteiger partial charge in [-0.05, 0) is 38.1 Å². The van der Waals surface area contributed by atoms with Crippen LogP contribution in [0.15, 0.2) is 30.5 Å². The summed E-state index contributed by atoms with van der Waals surface area (Å²) in [6.07, 6.45) is 9.85. The molecule has 0 saturated heterocycles. The van der Waals surface area contributed by atoms with Crippen molar-refractivity contribution < 1.29 is 0 Å². The molecule has 0 aliphatic carbocycles. The lowest BCUT2D eigenvalue weighted by Gasteiger charge is -1.98. The molecule has 0 fully saturated rings. The first-order chi connectivity index (χ1) is 8.36. The standard InChI is InChI=1S/C15H18N2/c1-3-11-17-12-13(7-6-10-16-2)14-8-4-5-9-15(14)17/h1,4-5,8-9,12,16H,6-7,10-11H2,2H3. The summed E-state index contributed by atoms with van der Waals surface area (Å²) in [5.41, 5.74) is 2.64. The van der Waals surface area contributed by atoms with Gasteiger partial charge < -0.3 is 9.88 Å². The van der Waals surface area contributed by atoms with Crippen molar-refractivity contribution in [3.05, 3.63) is 36.0 Å². The van der Waals surface area contributed by atoms with Crippen molar-refractivity contribution in [2.45, 2.75) is 19.4 Å². The second-order valence-electron chi connectivity index (χ2n) is 4.21. The maximum atomic E-state index is 5.40. The first-order valence-corrected chi connectivity index (χ1v) is 6.01. The molecule has 1 N–H and O–H groups in total. The topological polar surface area (TPSA) is 17.0 Å². The molecule has 2 rings (SSSR count). The monoisotopic (exact) mass is 226 g/mol. The molecule has 0 radical (unpaired) electrons. The van der Waals surface area contributed by atoms with Gasteiger partial charge in [0.25, 0.3) is 0 Å². The lowest BCUT2D eigenvalue weighted by atomic mass is 10.1. The first-order valence-electron chi connectivity index (χ1n) is 6.01. The van der Waals surface area contributed by atoms with Gasteiger partial charge in [-0.3, -0.25) is 0 Å². The van der Waals surface area contributed by atoms with E-state index < -0.39 is 0 Å². The summed E-state index contributed by atoms with van der Waals surface area (Å²) >= 11 is 0. The van der Waals surface area contributed by atoms with Crippen molar-refractivity contribution in [2.24, 2.45) is 0 Å². The molecule has 0 atom stereocenters. The second-order valence-corrected chi connectivity index (χ2v) is 4.21. The Kier molecular flexibility index (Phi) is 3.85. The van der Waals surface area contributed by atoms with Gasteiger partial charge in [-0.15, -0.1) is 6.42 Å². The number of rotatable bonds is 5. The summed E-state index contributed by atoms with van der Waals surface area (Å²) < 4.78 is 2.16. The summed E-state index contributed by atoms with van der Waals surface area (Å²) in [5, 5.41) is 4.51. The Hall–Kier alpha value is -1.72. The predicted octanol–water partition coefficient (Wildman–Crippen LogP) is 2.43. The molecule has 0 aliphatic heterocycles. The van der Waals surface area contributed by atoms with Crippen LogP contribution < -0.4 is 5.32 Å². The van der Waals surface area contributed by atoms with E-state index in [9.17, 15) is 0 Å². The maximum absolute atomic E-state index is 5.40. The van der Waals surface area contributed by atoms with E-state index >= 15 is 0 Å². The molecular weight excluding hydrogens is 208 g/mol. The van der Waals surface area contributed by atoms with Gasteiger partial charge in [0.2, 0.25) is 0 Å². The summed E-state index contributed by atoms with van der Waals surface area (Å²) in [6, 6.07) is 8.46. The highest BCUT2D eigenvalue weighted by Gasteiger charge is 2.06. The Balaban J connectivity index is 2.32. The van der Waals surface area contributed by atoms with E-state index in [0.717, 1.165) is 19.4 Å². The van der Waals surface area contributed by atoms with E-state index in [0.29, 0.717) is 6.54 Å². The fraction of sp³-hybridized carbons (Fsp3) is 0.333. The van der Waals surface area contributed by atoms with E-state index in [-0.39, 0.29) is 0 Å². The molecule has 0 amide bonds. The van der Waals surface area contributed by atoms with Gasteiger partial charge >= 0.3 is 0 Å². The molecule has 0 aliphatic rings. The molecule has 2 aromatic rings. The zero-order chi connectivity index (χ0) is 12.1. The summed E-state index contributed by atoms with van der Waals surface area (Å²) in [4.78, 5) is 0. The van der Waals surface area contributed by atoms with Crippen LogP contribution in [0.2, 0.25) is 0 Å². The molecule has 1 heterocycles. The average molecular weight is 226 g/mol. The third-order valence-corrected chi connectivity index (χ3v) is 3.01. The molecule has 0 bridgehead atoms. The third kappa shape index (κ3) is 2.51. The SMILES string of the molecule is C#CCn1cc(CCCNC)c2ccccc21. The Morgan fingerprint density at radius 1 is 1.35 bits per heavy atom. The molecule has 1 aromatic heterocycles. The number of benzene rings is 1. The van der Waals surface area contributed by atoms with Crippen LogP contribution in [0.1, 0.15) is 12.0 Å². The van der Waals surface area contributed by atoms with E-state index in [1.54, 1.807) is 0 Å². The Labute approximate surface area is 103 Å². The smallest absolute Gasteiger partial charge is 0.0835 e. The van der Waals surface area contributed by atoms with Crippen molar-refractivity contribution in [2.75, 3.05) is 13.6 Å². The number of hydrogen-bond donors (Lipinski definition) is 1. The van der Waals surface area contributed by atoms with Gasteiger partial charge in [-0.1, -0.05) is 24.1 Å². The van der Waals surface area contributed by atoms with Crippen LogP contribution in [0.25, 0.3) is 10.9 Å². The highest BCUT2D eigenvalue weighted by molar-refractivity contribution is 5.84. The zero-order valence-electron chi connectivity index (χ0n) is 10.2. The van der Waals surface area contributed by atoms with Crippen LogP contribution >= 0.6 is 0 Å². The van der Waals surface area contributed by atoms with Crippen molar-refractivity contribution in [1.82, 2.24) is 9.88 Å². The van der Waals surface area contributed by atoms with Gasteiger partial charge in [0.1, 0.15) is 0 Å². The van der Waals surface area contributed by atoms with Gasteiger partial charge in [-0.25, -0.2) is 0 Å². The molecule has 88 valence electrons. The lowest BCUT2D eigenvalue weighted by molar-refractivity contribution is 0.724. The number of para-hydroxylation sites is 1. The van der Waals surface area contributed by atoms with Gasteiger partial charge in [0, 0.05) is 17.1 Å². The average Bonchev–Trinajstić information content (AvgIpc) is 2.70. The van der Waals surface area contributed by atoms with Crippen LogP contribution in [0, 0.1) is 12.3 Å². The minimum atomic E-state index is 0.645. The summed E-state index contributed by atoms with van der Waals surface area (Å²) in [5.74, 6) is 2.71. The van der Waals surface area contributed by atoms with Crippen LogP contribution in [-0.4, -0.2) is 18.2 Å². The van der Waals surface area contributed by atoms with Crippen molar-refractivity contribution in [1.29, 1.82) is 0 Å². The normalized spacial score (nSPS) is 10.6. The largest absolute Gasteiger partial charge is 0.336 e. The van der Waals surface area contributed by atoms with Crippen molar-refractivity contribution in [3.8, 4) is 12.3 Å². The predicted molar refractivity (Wildman–Crippen MR) is 73.0 cm³/mol. The van der Waals surface area contributed by atoms with E-state index in [4.69, 9.17) is 6.42 Å². The number of aromatic nitrogens is 1. The van der Waals surface area contributed by atoms with Crippen LogP contribution in [-0.2, 0) is 13.0 Å². The molecule has 0 spiro atoms. The number of terminal acetylenes is 1. The maximum Gasteiger partial charge on any atom is 0.0835 e. The Morgan fingerprint density at radius 3 is 2.94 bits per heavy atom. The second kappa shape index (κ2) is 5.56. The number of hydrogen-bond acceptors (Lipinski definition) is 1. The molecular formula is C15H18N2. The Bertz CT molecular complexity index is 531. The fourth-order valence-electron chi connectivity index (χ4n) is 2.21.